The van der Waals surface area contributed by atoms with Crippen LogP contribution in [-0.4, -0.2) is 43.4 Å². The number of amides is 1. The van der Waals surface area contributed by atoms with Crippen molar-refractivity contribution in [3.63, 3.8) is 0 Å². The topological polar surface area (TPSA) is 119 Å². The van der Waals surface area contributed by atoms with E-state index in [1.807, 2.05) is 0 Å². The van der Waals surface area contributed by atoms with E-state index in [1.165, 1.54) is 34.9 Å². The van der Waals surface area contributed by atoms with Gasteiger partial charge < -0.3 is 10.1 Å². The van der Waals surface area contributed by atoms with Gasteiger partial charge in [0.2, 0.25) is 0 Å². The van der Waals surface area contributed by atoms with E-state index in [-0.39, 0.29) is 27.8 Å². The molecule has 1 heterocycles. The zero-order chi connectivity index (χ0) is 24.0. The van der Waals surface area contributed by atoms with Gasteiger partial charge in [0.1, 0.15) is 0 Å². The van der Waals surface area contributed by atoms with Crippen LogP contribution in [0.1, 0.15) is 23.1 Å². The van der Waals surface area contributed by atoms with E-state index < -0.39 is 28.5 Å². The highest BCUT2D eigenvalue weighted by atomic mass is 35.5. The first-order valence-electron chi connectivity index (χ1n) is 9.85. The number of sulfonamides is 1. The first kappa shape index (κ1) is 24.1. The molecule has 0 fully saturated rings. The van der Waals surface area contributed by atoms with Crippen LogP contribution in [0.5, 0.6) is 0 Å². The van der Waals surface area contributed by atoms with Crippen molar-refractivity contribution in [3.05, 3.63) is 77.3 Å². The summed E-state index contributed by atoms with van der Waals surface area (Å²) in [7, 11) is -3.92. The number of para-hydroxylation sites is 1. The number of halogens is 1. The summed E-state index contributed by atoms with van der Waals surface area (Å²) in [5.41, 5.74) is 1.16. The zero-order valence-corrected chi connectivity index (χ0v) is 19.4. The van der Waals surface area contributed by atoms with Crippen molar-refractivity contribution in [2.75, 3.05) is 22.8 Å². The van der Waals surface area contributed by atoms with Crippen LogP contribution in [0.15, 0.2) is 65.8 Å². The second kappa shape index (κ2) is 10.4. The molecule has 2 aromatic carbocycles. The number of nitrogens with zero attached hydrogens (tertiary/aromatic N) is 3. The monoisotopic (exact) mass is 488 g/mol. The Labute approximate surface area is 196 Å². The molecular weight excluding hydrogens is 468 g/mol. The molecule has 3 rings (SSSR count). The molecule has 0 aliphatic carbocycles. The Kier molecular flexibility index (Phi) is 7.62. The minimum Gasteiger partial charge on any atom is -0.451 e. The van der Waals surface area contributed by atoms with Gasteiger partial charge in [-0.15, -0.1) is 0 Å². The lowest BCUT2D eigenvalue weighted by molar-refractivity contribution is -0.119. The lowest BCUT2D eigenvalue weighted by Crippen LogP contribution is -2.30. The number of benzene rings is 2. The standard InChI is InChI=1S/C22H21ClN4O5S/c1-3-27(16-7-5-4-6-8-16)33(30,31)17-9-10-18(23)19(11-17)26-21(28)14-32-22(29)20-13-24-15(2)12-25-20/h4-13H,3,14H2,1-2H3,(H,26,28). The van der Waals surface area contributed by atoms with Crippen molar-refractivity contribution >= 4 is 44.9 Å². The Morgan fingerprint density at radius 2 is 1.82 bits per heavy atom. The minimum absolute atomic E-state index is 0.0416. The number of aryl methyl sites for hydroxylation is 1. The largest absolute Gasteiger partial charge is 0.451 e. The van der Waals surface area contributed by atoms with E-state index >= 15 is 0 Å². The summed E-state index contributed by atoms with van der Waals surface area (Å²) >= 11 is 6.15. The van der Waals surface area contributed by atoms with Crippen LogP contribution in [-0.2, 0) is 19.6 Å². The maximum Gasteiger partial charge on any atom is 0.359 e. The summed E-state index contributed by atoms with van der Waals surface area (Å²) in [6, 6.07) is 12.6. The van der Waals surface area contributed by atoms with E-state index in [9.17, 15) is 18.0 Å². The molecule has 172 valence electrons. The quantitative estimate of drug-likeness (QED) is 0.482. The van der Waals surface area contributed by atoms with Gasteiger partial charge in [-0.25, -0.2) is 18.2 Å². The highest BCUT2D eigenvalue weighted by Gasteiger charge is 2.25. The number of carbonyl (C=O) groups is 2. The van der Waals surface area contributed by atoms with Gasteiger partial charge in [0, 0.05) is 12.7 Å². The predicted molar refractivity (Wildman–Crippen MR) is 124 cm³/mol. The molecule has 0 aliphatic heterocycles. The molecule has 3 aromatic rings. The number of esters is 1. The Morgan fingerprint density at radius 3 is 2.45 bits per heavy atom. The Bertz CT molecular complexity index is 1250. The molecule has 33 heavy (non-hydrogen) atoms. The maximum absolute atomic E-state index is 13.2. The van der Waals surface area contributed by atoms with Gasteiger partial charge in [-0.2, -0.15) is 0 Å². The maximum atomic E-state index is 13.2. The molecule has 1 amide bonds. The zero-order valence-electron chi connectivity index (χ0n) is 17.9. The molecule has 0 saturated carbocycles. The summed E-state index contributed by atoms with van der Waals surface area (Å²) in [6.45, 7) is 3.02. The number of hydrogen-bond acceptors (Lipinski definition) is 7. The van der Waals surface area contributed by atoms with Gasteiger partial charge in [0.05, 0.1) is 33.2 Å². The fourth-order valence-corrected chi connectivity index (χ4v) is 4.53. The van der Waals surface area contributed by atoms with Gasteiger partial charge in [-0.1, -0.05) is 29.8 Å². The molecule has 0 spiro atoms. The van der Waals surface area contributed by atoms with Crippen LogP contribution in [0, 0.1) is 6.92 Å². The van der Waals surface area contributed by atoms with Crippen molar-refractivity contribution in [2.45, 2.75) is 18.7 Å². The van der Waals surface area contributed by atoms with Crippen molar-refractivity contribution in [2.24, 2.45) is 0 Å². The van der Waals surface area contributed by atoms with Gasteiger partial charge in [-0.3, -0.25) is 14.1 Å². The molecule has 0 radical (unpaired) electrons. The lowest BCUT2D eigenvalue weighted by atomic mass is 10.3. The highest BCUT2D eigenvalue weighted by Crippen LogP contribution is 2.29. The van der Waals surface area contributed by atoms with Crippen LogP contribution in [0.3, 0.4) is 0 Å². The van der Waals surface area contributed by atoms with Crippen LogP contribution in [0.2, 0.25) is 5.02 Å². The van der Waals surface area contributed by atoms with Gasteiger partial charge in [-0.05, 0) is 44.2 Å². The molecule has 1 aromatic heterocycles. The van der Waals surface area contributed by atoms with Crippen molar-refractivity contribution in [1.29, 1.82) is 0 Å². The molecule has 0 unspecified atom stereocenters. The molecular formula is C22H21ClN4O5S. The molecule has 0 bridgehead atoms. The summed E-state index contributed by atoms with van der Waals surface area (Å²) in [4.78, 5) is 32.0. The first-order valence-corrected chi connectivity index (χ1v) is 11.7. The average Bonchev–Trinajstić information content (AvgIpc) is 2.80. The van der Waals surface area contributed by atoms with Gasteiger partial charge in [0.25, 0.3) is 15.9 Å². The third kappa shape index (κ3) is 5.85. The Balaban J connectivity index is 1.73. The molecule has 9 nitrogen and oxygen atoms in total. The SMILES string of the molecule is CCN(c1ccccc1)S(=O)(=O)c1ccc(Cl)c(NC(=O)COC(=O)c2cnc(C)cn2)c1. The second-order valence-corrected chi connectivity index (χ2v) is 9.08. The van der Waals surface area contributed by atoms with Crippen molar-refractivity contribution in [3.8, 4) is 0 Å². The minimum atomic E-state index is -3.92. The average molecular weight is 489 g/mol. The van der Waals surface area contributed by atoms with Gasteiger partial charge in [0.15, 0.2) is 12.3 Å². The van der Waals surface area contributed by atoms with E-state index in [4.69, 9.17) is 16.3 Å². The molecule has 0 saturated heterocycles. The van der Waals surface area contributed by atoms with Crippen LogP contribution >= 0.6 is 11.6 Å². The normalized spacial score (nSPS) is 11.0. The lowest BCUT2D eigenvalue weighted by Gasteiger charge is -2.23. The van der Waals surface area contributed by atoms with Crippen LogP contribution in [0.25, 0.3) is 0 Å². The van der Waals surface area contributed by atoms with Crippen molar-refractivity contribution in [1.82, 2.24) is 9.97 Å². The number of aromatic nitrogens is 2. The summed E-state index contributed by atoms with van der Waals surface area (Å²) in [5, 5.41) is 2.59. The predicted octanol–water partition coefficient (Wildman–Crippen LogP) is 3.45. The number of hydrogen-bond donors (Lipinski definition) is 1. The Morgan fingerprint density at radius 1 is 1.09 bits per heavy atom. The number of nitrogens with one attached hydrogen (secondary N) is 1. The van der Waals surface area contributed by atoms with Crippen molar-refractivity contribution < 1.29 is 22.7 Å². The fourth-order valence-electron chi connectivity index (χ4n) is 2.86. The molecule has 11 heteroatoms. The number of carbonyl (C=O) groups excluding carboxylic acids is 2. The highest BCUT2D eigenvalue weighted by molar-refractivity contribution is 7.92. The molecule has 0 atom stereocenters. The number of ether oxygens (including phenoxy) is 1. The number of rotatable bonds is 8. The first-order chi connectivity index (χ1) is 15.7. The van der Waals surface area contributed by atoms with Crippen LogP contribution in [0.4, 0.5) is 11.4 Å². The third-order valence-corrected chi connectivity index (χ3v) is 6.68. The summed E-state index contributed by atoms with van der Waals surface area (Å²) in [6.07, 6.45) is 2.64. The number of anilines is 2. The van der Waals surface area contributed by atoms with Crippen LogP contribution < -0.4 is 9.62 Å². The van der Waals surface area contributed by atoms with Gasteiger partial charge >= 0.3 is 5.97 Å². The third-order valence-electron chi connectivity index (χ3n) is 4.46. The second-order valence-electron chi connectivity index (χ2n) is 6.81. The van der Waals surface area contributed by atoms with E-state index in [1.54, 1.807) is 44.2 Å². The Hall–Kier alpha value is -3.50. The van der Waals surface area contributed by atoms with E-state index in [0.29, 0.717) is 11.4 Å². The van der Waals surface area contributed by atoms with E-state index in [0.717, 1.165) is 0 Å². The summed E-state index contributed by atoms with van der Waals surface area (Å²) in [5.74, 6) is -1.52. The smallest absolute Gasteiger partial charge is 0.359 e. The fraction of sp³-hybridized carbons (Fsp3) is 0.182. The molecule has 0 aliphatic rings. The molecule has 1 N–H and O–H groups in total. The van der Waals surface area contributed by atoms with E-state index in [2.05, 4.69) is 15.3 Å². The summed E-state index contributed by atoms with van der Waals surface area (Å²) < 4.78 is 32.6.